The van der Waals surface area contributed by atoms with E-state index in [2.05, 4.69) is 45.0 Å². The summed E-state index contributed by atoms with van der Waals surface area (Å²) >= 11 is 6.26. The summed E-state index contributed by atoms with van der Waals surface area (Å²) < 4.78 is 0. The molecule has 0 saturated heterocycles. The zero-order valence-corrected chi connectivity index (χ0v) is 13.0. The minimum atomic E-state index is -0.0203. The average Bonchev–Trinajstić information content (AvgIpc) is 2.38. The molecule has 0 unspecified atom stereocenters. The number of hydrogen-bond donors (Lipinski definition) is 1. The monoisotopic (exact) mass is 288 g/mol. The second-order valence-corrected chi connectivity index (χ2v) is 6.58. The van der Waals surface area contributed by atoms with Gasteiger partial charge in [0.2, 0.25) is 0 Å². The minimum absolute atomic E-state index is 0.0203. The van der Waals surface area contributed by atoms with Crippen LogP contribution in [0.5, 0.6) is 0 Å². The van der Waals surface area contributed by atoms with Gasteiger partial charge in [-0.15, -0.1) is 0 Å². The van der Waals surface area contributed by atoms with E-state index in [4.69, 9.17) is 11.6 Å². The maximum absolute atomic E-state index is 9.40. The first-order valence-corrected chi connectivity index (χ1v) is 7.26. The fourth-order valence-corrected chi connectivity index (χ4v) is 2.69. The highest BCUT2D eigenvalue weighted by Crippen LogP contribution is 2.32. The quantitative estimate of drug-likeness (QED) is 0.866. The summed E-state index contributed by atoms with van der Waals surface area (Å²) in [5, 5.41) is 10.0. The van der Waals surface area contributed by atoms with E-state index in [-0.39, 0.29) is 12.0 Å². The normalized spacial score (nSPS) is 11.7. The van der Waals surface area contributed by atoms with Crippen molar-refractivity contribution in [3.8, 4) is 0 Å². The van der Waals surface area contributed by atoms with Crippen LogP contribution < -0.4 is 0 Å². The van der Waals surface area contributed by atoms with Crippen LogP contribution in [0.15, 0.2) is 42.5 Å². The predicted molar refractivity (Wildman–Crippen MR) is 85.3 cm³/mol. The van der Waals surface area contributed by atoms with Crippen LogP contribution in [0.2, 0.25) is 5.02 Å². The molecule has 0 aliphatic carbocycles. The number of aliphatic hydroxyl groups excluding tert-OH is 1. The lowest BCUT2D eigenvalue weighted by atomic mass is 9.81. The molecular weight excluding hydrogens is 268 g/mol. The van der Waals surface area contributed by atoms with Gasteiger partial charge in [0.1, 0.15) is 0 Å². The summed E-state index contributed by atoms with van der Waals surface area (Å²) in [6, 6.07) is 14.4. The zero-order chi connectivity index (χ0) is 14.8. The van der Waals surface area contributed by atoms with Crippen LogP contribution in [-0.4, -0.2) is 5.11 Å². The van der Waals surface area contributed by atoms with Gasteiger partial charge in [0.05, 0.1) is 6.61 Å². The Labute approximate surface area is 126 Å². The van der Waals surface area contributed by atoms with Crippen LogP contribution in [0.3, 0.4) is 0 Å². The molecule has 2 aromatic carbocycles. The van der Waals surface area contributed by atoms with Crippen LogP contribution in [0, 0.1) is 0 Å². The van der Waals surface area contributed by atoms with Gasteiger partial charge in [-0.05, 0) is 40.2 Å². The second-order valence-electron chi connectivity index (χ2n) is 6.17. The molecule has 2 aromatic rings. The van der Waals surface area contributed by atoms with E-state index in [1.54, 1.807) is 0 Å². The molecule has 0 saturated carbocycles. The topological polar surface area (TPSA) is 20.2 Å². The van der Waals surface area contributed by atoms with Crippen LogP contribution in [0.25, 0.3) is 0 Å². The SMILES string of the molecule is CC(C)(C)c1cc(CO)c(Cl)cc1Cc1ccccc1. The van der Waals surface area contributed by atoms with E-state index in [9.17, 15) is 5.11 Å². The third-order valence-electron chi connectivity index (χ3n) is 3.49. The number of benzene rings is 2. The molecule has 0 aromatic heterocycles. The summed E-state index contributed by atoms with van der Waals surface area (Å²) in [5.74, 6) is 0. The fraction of sp³-hybridized carbons (Fsp3) is 0.333. The van der Waals surface area contributed by atoms with Crippen LogP contribution in [0.4, 0.5) is 0 Å². The molecule has 0 aliphatic heterocycles. The molecule has 0 amide bonds. The lowest BCUT2D eigenvalue weighted by Crippen LogP contribution is -2.15. The van der Waals surface area contributed by atoms with Crippen LogP contribution >= 0.6 is 11.6 Å². The third-order valence-corrected chi connectivity index (χ3v) is 3.84. The van der Waals surface area contributed by atoms with Crippen molar-refractivity contribution in [2.45, 2.75) is 39.2 Å². The molecule has 20 heavy (non-hydrogen) atoms. The molecule has 0 bridgehead atoms. The number of rotatable bonds is 3. The van der Waals surface area contributed by atoms with E-state index in [0.29, 0.717) is 5.02 Å². The van der Waals surface area contributed by atoms with Crippen molar-refractivity contribution in [2.75, 3.05) is 0 Å². The molecule has 0 aliphatic rings. The van der Waals surface area contributed by atoms with E-state index in [0.717, 1.165) is 12.0 Å². The molecule has 0 heterocycles. The summed E-state index contributed by atoms with van der Waals surface area (Å²) in [6.45, 7) is 6.54. The first-order chi connectivity index (χ1) is 9.41. The van der Waals surface area contributed by atoms with Crippen LogP contribution in [0.1, 0.15) is 43.0 Å². The van der Waals surface area contributed by atoms with Crippen LogP contribution in [-0.2, 0) is 18.4 Å². The number of hydrogen-bond acceptors (Lipinski definition) is 1. The smallest absolute Gasteiger partial charge is 0.0696 e. The molecule has 0 spiro atoms. The molecule has 106 valence electrons. The number of halogens is 1. The van der Waals surface area contributed by atoms with Gasteiger partial charge in [0.15, 0.2) is 0 Å². The summed E-state index contributed by atoms with van der Waals surface area (Å²) in [5.41, 5.74) is 4.57. The minimum Gasteiger partial charge on any atom is -0.392 e. The third kappa shape index (κ3) is 3.41. The van der Waals surface area contributed by atoms with E-state index >= 15 is 0 Å². The Morgan fingerprint density at radius 3 is 2.20 bits per heavy atom. The van der Waals surface area contributed by atoms with Crippen molar-refractivity contribution < 1.29 is 5.11 Å². The molecule has 1 N–H and O–H groups in total. The molecule has 0 radical (unpaired) electrons. The number of aliphatic hydroxyl groups is 1. The van der Waals surface area contributed by atoms with Crippen molar-refractivity contribution in [1.29, 1.82) is 0 Å². The summed E-state index contributed by atoms with van der Waals surface area (Å²) in [7, 11) is 0. The highest BCUT2D eigenvalue weighted by atomic mass is 35.5. The van der Waals surface area contributed by atoms with E-state index < -0.39 is 0 Å². The van der Waals surface area contributed by atoms with E-state index in [1.165, 1.54) is 16.7 Å². The predicted octanol–water partition coefficient (Wildman–Crippen LogP) is 4.72. The van der Waals surface area contributed by atoms with Gasteiger partial charge in [0.25, 0.3) is 0 Å². The fourth-order valence-electron chi connectivity index (χ4n) is 2.44. The first kappa shape index (κ1) is 15.1. The second kappa shape index (κ2) is 5.99. The maximum Gasteiger partial charge on any atom is 0.0696 e. The largest absolute Gasteiger partial charge is 0.392 e. The lowest BCUT2D eigenvalue weighted by molar-refractivity contribution is 0.281. The summed E-state index contributed by atoms with van der Waals surface area (Å²) in [4.78, 5) is 0. The highest BCUT2D eigenvalue weighted by molar-refractivity contribution is 6.31. The van der Waals surface area contributed by atoms with Gasteiger partial charge in [-0.25, -0.2) is 0 Å². The van der Waals surface area contributed by atoms with Crippen molar-refractivity contribution in [2.24, 2.45) is 0 Å². The molecule has 0 fully saturated rings. The van der Waals surface area contributed by atoms with E-state index in [1.807, 2.05) is 18.2 Å². The Morgan fingerprint density at radius 1 is 1.00 bits per heavy atom. The maximum atomic E-state index is 9.40. The Morgan fingerprint density at radius 2 is 1.65 bits per heavy atom. The molecule has 1 nitrogen and oxygen atoms in total. The lowest BCUT2D eigenvalue weighted by Gasteiger charge is -2.24. The van der Waals surface area contributed by atoms with Crippen molar-refractivity contribution in [3.63, 3.8) is 0 Å². The van der Waals surface area contributed by atoms with Crippen molar-refractivity contribution in [1.82, 2.24) is 0 Å². The molecule has 0 atom stereocenters. The van der Waals surface area contributed by atoms with Crippen molar-refractivity contribution in [3.05, 3.63) is 69.7 Å². The first-order valence-electron chi connectivity index (χ1n) is 6.88. The molecule has 2 heteroatoms. The standard InChI is InChI=1S/C18H21ClO/c1-18(2,3)16-10-15(12-20)17(19)11-14(16)9-13-7-5-4-6-8-13/h4-8,10-11,20H,9,12H2,1-3H3. The van der Waals surface area contributed by atoms with Gasteiger partial charge < -0.3 is 5.11 Å². The van der Waals surface area contributed by atoms with Gasteiger partial charge >= 0.3 is 0 Å². The Kier molecular flexibility index (Phi) is 4.52. The van der Waals surface area contributed by atoms with Gasteiger partial charge in [-0.3, -0.25) is 0 Å². The summed E-state index contributed by atoms with van der Waals surface area (Å²) in [6.07, 6.45) is 0.860. The highest BCUT2D eigenvalue weighted by Gasteiger charge is 2.20. The molecule has 2 rings (SSSR count). The van der Waals surface area contributed by atoms with Gasteiger partial charge in [0, 0.05) is 5.02 Å². The van der Waals surface area contributed by atoms with Gasteiger partial charge in [-0.1, -0.05) is 68.8 Å². The Balaban J connectivity index is 2.48. The molecular formula is C18H21ClO. The Bertz CT molecular complexity index is 582. The zero-order valence-electron chi connectivity index (χ0n) is 12.3. The van der Waals surface area contributed by atoms with Crippen molar-refractivity contribution >= 4 is 11.6 Å². The Hall–Kier alpha value is -1.31. The average molecular weight is 289 g/mol. The van der Waals surface area contributed by atoms with Gasteiger partial charge in [-0.2, -0.15) is 0 Å².